The molecule has 1 fully saturated rings. The first-order chi connectivity index (χ1) is 8.97. The van der Waals surface area contributed by atoms with Gasteiger partial charge in [-0.05, 0) is 30.0 Å². The zero-order valence-electron chi connectivity index (χ0n) is 11.0. The summed E-state index contributed by atoms with van der Waals surface area (Å²) in [5.74, 6) is -0.105. The molecule has 1 saturated heterocycles. The fourth-order valence-electron chi connectivity index (χ4n) is 2.03. The Bertz CT molecular complexity index is 514. The van der Waals surface area contributed by atoms with Gasteiger partial charge in [-0.3, -0.25) is 14.9 Å². The van der Waals surface area contributed by atoms with E-state index in [9.17, 15) is 9.59 Å². The van der Waals surface area contributed by atoms with Crippen molar-refractivity contribution in [2.75, 3.05) is 5.32 Å². The van der Waals surface area contributed by atoms with E-state index < -0.39 is 6.04 Å². The molecule has 1 aliphatic rings. The van der Waals surface area contributed by atoms with Gasteiger partial charge in [-0.25, -0.2) is 0 Å². The Morgan fingerprint density at radius 2 is 2.11 bits per heavy atom. The van der Waals surface area contributed by atoms with Crippen LogP contribution in [0.2, 0.25) is 5.02 Å². The molecule has 1 aliphatic heterocycles. The Morgan fingerprint density at radius 1 is 1.37 bits per heavy atom. The summed E-state index contributed by atoms with van der Waals surface area (Å²) in [5.41, 5.74) is 1.87. The lowest BCUT2D eigenvalue weighted by Crippen LogP contribution is -2.47. The molecule has 102 valence electrons. The molecule has 1 aromatic carbocycles. The first-order valence-electron chi connectivity index (χ1n) is 6.37. The van der Waals surface area contributed by atoms with E-state index in [0.717, 1.165) is 11.3 Å². The number of piperidine rings is 1. The summed E-state index contributed by atoms with van der Waals surface area (Å²) in [6.45, 7) is 4.19. The lowest BCUT2D eigenvalue weighted by Gasteiger charge is -2.23. The van der Waals surface area contributed by atoms with Crippen LogP contribution in [0.25, 0.3) is 0 Å². The number of hydrogen-bond acceptors (Lipinski definition) is 3. The third-order valence-electron chi connectivity index (χ3n) is 3.23. The van der Waals surface area contributed by atoms with Crippen molar-refractivity contribution in [1.29, 1.82) is 0 Å². The van der Waals surface area contributed by atoms with Gasteiger partial charge in [-0.2, -0.15) is 0 Å². The number of hydrogen-bond donors (Lipinski definition) is 2. The molecule has 0 aliphatic carbocycles. The Labute approximate surface area is 117 Å². The van der Waals surface area contributed by atoms with Crippen molar-refractivity contribution in [2.24, 2.45) is 0 Å². The predicted octanol–water partition coefficient (Wildman–Crippen LogP) is 2.68. The van der Waals surface area contributed by atoms with E-state index in [1.54, 1.807) is 0 Å². The Kier molecular flexibility index (Phi) is 4.10. The van der Waals surface area contributed by atoms with Crippen molar-refractivity contribution >= 4 is 29.1 Å². The molecule has 0 radical (unpaired) electrons. The zero-order chi connectivity index (χ0) is 14.0. The number of anilines is 1. The number of nitrogens with one attached hydrogen (secondary N) is 2. The van der Waals surface area contributed by atoms with Gasteiger partial charge < -0.3 is 5.32 Å². The molecular formula is C14H17ClN2O2. The number of amides is 2. The highest BCUT2D eigenvalue weighted by Crippen LogP contribution is 2.27. The topological polar surface area (TPSA) is 58.2 Å². The van der Waals surface area contributed by atoms with E-state index >= 15 is 0 Å². The first kappa shape index (κ1) is 13.9. The van der Waals surface area contributed by atoms with Gasteiger partial charge in [0.1, 0.15) is 6.04 Å². The number of imide groups is 1. The summed E-state index contributed by atoms with van der Waals surface area (Å²) in [6.07, 6.45) is 0.845. The molecule has 1 heterocycles. The number of benzene rings is 1. The first-order valence-corrected chi connectivity index (χ1v) is 6.75. The van der Waals surface area contributed by atoms with Crippen LogP contribution in [0, 0.1) is 0 Å². The van der Waals surface area contributed by atoms with Crippen molar-refractivity contribution in [1.82, 2.24) is 5.32 Å². The molecule has 0 saturated carbocycles. The third kappa shape index (κ3) is 3.26. The lowest BCUT2D eigenvalue weighted by atomic mass is 10.0. The highest BCUT2D eigenvalue weighted by atomic mass is 35.5. The standard InChI is InChI=1S/C14H17ClN2O2/c1-8(2)9-3-4-11(10(15)7-9)16-12-5-6-13(18)17-14(12)19/h3-4,7-8,12,16H,5-6H2,1-2H3,(H,17,18,19). The molecule has 2 rings (SSSR count). The van der Waals surface area contributed by atoms with Crippen LogP contribution in [-0.4, -0.2) is 17.9 Å². The van der Waals surface area contributed by atoms with E-state index in [0.29, 0.717) is 23.8 Å². The second-order valence-corrected chi connectivity index (χ2v) is 5.45. The maximum absolute atomic E-state index is 11.7. The van der Waals surface area contributed by atoms with Gasteiger partial charge >= 0.3 is 0 Å². The number of rotatable bonds is 3. The van der Waals surface area contributed by atoms with Gasteiger partial charge in [0.15, 0.2) is 0 Å². The van der Waals surface area contributed by atoms with Gasteiger partial charge in [0.2, 0.25) is 11.8 Å². The molecule has 5 heteroatoms. The van der Waals surface area contributed by atoms with E-state index in [1.165, 1.54) is 0 Å². The fraction of sp³-hybridized carbons (Fsp3) is 0.429. The SMILES string of the molecule is CC(C)c1ccc(NC2CCC(=O)NC2=O)c(Cl)c1. The minimum Gasteiger partial charge on any atom is -0.372 e. The minimum atomic E-state index is -0.403. The van der Waals surface area contributed by atoms with E-state index in [-0.39, 0.29) is 11.8 Å². The molecule has 0 spiro atoms. The number of carbonyl (C=O) groups excluding carboxylic acids is 2. The van der Waals surface area contributed by atoms with Crippen LogP contribution < -0.4 is 10.6 Å². The molecule has 2 N–H and O–H groups in total. The molecule has 1 atom stereocenters. The number of carbonyl (C=O) groups is 2. The third-order valence-corrected chi connectivity index (χ3v) is 3.54. The van der Waals surface area contributed by atoms with Gasteiger partial charge in [-0.15, -0.1) is 0 Å². The Morgan fingerprint density at radius 3 is 2.68 bits per heavy atom. The summed E-state index contributed by atoms with van der Waals surface area (Å²) < 4.78 is 0. The van der Waals surface area contributed by atoms with Crippen LogP contribution in [-0.2, 0) is 9.59 Å². The summed E-state index contributed by atoms with van der Waals surface area (Å²) in [6, 6.07) is 5.37. The van der Waals surface area contributed by atoms with Crippen LogP contribution in [0.15, 0.2) is 18.2 Å². The number of halogens is 1. The maximum Gasteiger partial charge on any atom is 0.249 e. The highest BCUT2D eigenvalue weighted by Gasteiger charge is 2.26. The van der Waals surface area contributed by atoms with E-state index in [1.807, 2.05) is 18.2 Å². The molecule has 1 unspecified atom stereocenters. The average Bonchev–Trinajstić information content (AvgIpc) is 2.34. The molecule has 19 heavy (non-hydrogen) atoms. The predicted molar refractivity (Wildman–Crippen MR) is 75.3 cm³/mol. The van der Waals surface area contributed by atoms with Crippen molar-refractivity contribution in [3.8, 4) is 0 Å². The van der Waals surface area contributed by atoms with Crippen molar-refractivity contribution in [2.45, 2.75) is 38.6 Å². The maximum atomic E-state index is 11.7. The fourth-order valence-corrected chi connectivity index (χ4v) is 2.27. The Balaban J connectivity index is 2.11. The summed E-state index contributed by atoms with van der Waals surface area (Å²) in [7, 11) is 0. The average molecular weight is 281 g/mol. The van der Waals surface area contributed by atoms with Crippen LogP contribution >= 0.6 is 11.6 Å². The van der Waals surface area contributed by atoms with Crippen LogP contribution in [0.5, 0.6) is 0 Å². The largest absolute Gasteiger partial charge is 0.372 e. The van der Waals surface area contributed by atoms with Crippen LogP contribution in [0.3, 0.4) is 0 Å². The summed E-state index contributed by atoms with van der Waals surface area (Å²) >= 11 is 6.21. The van der Waals surface area contributed by atoms with Crippen molar-refractivity contribution in [3.05, 3.63) is 28.8 Å². The second kappa shape index (κ2) is 5.61. The quantitative estimate of drug-likeness (QED) is 0.837. The van der Waals surface area contributed by atoms with Crippen LogP contribution in [0.1, 0.15) is 38.2 Å². The van der Waals surface area contributed by atoms with Crippen molar-refractivity contribution < 1.29 is 9.59 Å². The highest BCUT2D eigenvalue weighted by molar-refractivity contribution is 6.33. The van der Waals surface area contributed by atoms with Gasteiger partial charge in [0, 0.05) is 6.42 Å². The molecule has 1 aromatic rings. The van der Waals surface area contributed by atoms with Crippen molar-refractivity contribution in [3.63, 3.8) is 0 Å². The lowest BCUT2D eigenvalue weighted by molar-refractivity contribution is -0.133. The van der Waals surface area contributed by atoms with E-state index in [2.05, 4.69) is 24.5 Å². The summed E-state index contributed by atoms with van der Waals surface area (Å²) in [5, 5.41) is 6.00. The summed E-state index contributed by atoms with van der Waals surface area (Å²) in [4.78, 5) is 22.7. The van der Waals surface area contributed by atoms with Gasteiger partial charge in [-0.1, -0.05) is 31.5 Å². The van der Waals surface area contributed by atoms with Crippen LogP contribution in [0.4, 0.5) is 5.69 Å². The van der Waals surface area contributed by atoms with E-state index in [4.69, 9.17) is 11.6 Å². The molecule has 4 nitrogen and oxygen atoms in total. The van der Waals surface area contributed by atoms with Gasteiger partial charge in [0.25, 0.3) is 0 Å². The minimum absolute atomic E-state index is 0.218. The Hall–Kier alpha value is -1.55. The molecule has 0 bridgehead atoms. The second-order valence-electron chi connectivity index (χ2n) is 5.04. The molecule has 0 aromatic heterocycles. The smallest absolute Gasteiger partial charge is 0.249 e. The monoisotopic (exact) mass is 280 g/mol. The zero-order valence-corrected chi connectivity index (χ0v) is 11.8. The van der Waals surface area contributed by atoms with Gasteiger partial charge in [0.05, 0.1) is 10.7 Å². The normalized spacial score (nSPS) is 19.5. The molecule has 2 amide bonds. The molecular weight excluding hydrogens is 264 g/mol.